The summed E-state index contributed by atoms with van der Waals surface area (Å²) in [6.07, 6.45) is 15.8. The highest BCUT2D eigenvalue weighted by molar-refractivity contribution is 4.59. The zero-order chi connectivity index (χ0) is 14.3. The smallest absolute Gasteiger partial charge is 0.00386 e. The third-order valence-electron chi connectivity index (χ3n) is 3.97. The van der Waals surface area contributed by atoms with E-state index in [9.17, 15) is 0 Å². The minimum atomic E-state index is 0.714. The van der Waals surface area contributed by atoms with Gasteiger partial charge in [-0.2, -0.15) is 0 Å². The molecule has 0 aromatic rings. The molecule has 0 heterocycles. The van der Waals surface area contributed by atoms with Crippen LogP contribution in [0.15, 0.2) is 0 Å². The number of hydrogen-bond donors (Lipinski definition) is 1. The molecular weight excluding hydrogens is 230 g/mol. The predicted octanol–water partition coefficient (Wildman–Crippen LogP) is 5.93. The fourth-order valence-electron chi connectivity index (χ4n) is 2.69. The van der Waals surface area contributed by atoms with E-state index < -0.39 is 0 Å². The van der Waals surface area contributed by atoms with Crippen molar-refractivity contribution >= 4 is 0 Å². The first-order chi connectivity index (χ1) is 9.16. The van der Waals surface area contributed by atoms with Crippen molar-refractivity contribution in [1.29, 1.82) is 0 Å². The van der Waals surface area contributed by atoms with E-state index in [4.69, 9.17) is 0 Å². The molecule has 1 unspecified atom stereocenters. The van der Waals surface area contributed by atoms with Gasteiger partial charge in [0.15, 0.2) is 0 Å². The van der Waals surface area contributed by atoms with Crippen LogP contribution in [0.3, 0.4) is 0 Å². The Kier molecular flexibility index (Phi) is 14.3. The molecule has 0 aliphatic carbocycles. The molecule has 1 heteroatoms. The van der Waals surface area contributed by atoms with Gasteiger partial charge in [0.25, 0.3) is 0 Å². The molecule has 1 nitrogen and oxygen atoms in total. The Morgan fingerprint density at radius 3 is 1.47 bits per heavy atom. The average molecular weight is 270 g/mol. The van der Waals surface area contributed by atoms with Crippen molar-refractivity contribution in [3.63, 3.8) is 0 Å². The Bertz CT molecular complexity index is 165. The zero-order valence-corrected chi connectivity index (χ0v) is 14.1. The van der Waals surface area contributed by atoms with Crippen LogP contribution in [-0.4, -0.2) is 12.6 Å². The molecule has 0 bridgehead atoms. The van der Waals surface area contributed by atoms with Gasteiger partial charge in [-0.1, -0.05) is 85.0 Å². The van der Waals surface area contributed by atoms with Crippen LogP contribution in [0.4, 0.5) is 0 Å². The van der Waals surface area contributed by atoms with E-state index in [2.05, 4.69) is 33.0 Å². The van der Waals surface area contributed by atoms with Crippen molar-refractivity contribution in [1.82, 2.24) is 5.32 Å². The molecule has 0 radical (unpaired) electrons. The maximum absolute atomic E-state index is 3.48. The first-order valence-electron chi connectivity index (χ1n) is 8.90. The maximum atomic E-state index is 3.48. The second-order valence-corrected chi connectivity index (χ2v) is 6.61. The van der Waals surface area contributed by atoms with Crippen LogP contribution in [0.25, 0.3) is 0 Å². The molecule has 0 saturated carbocycles. The van der Waals surface area contributed by atoms with Crippen LogP contribution in [-0.2, 0) is 0 Å². The Morgan fingerprint density at radius 1 is 0.632 bits per heavy atom. The number of hydrogen-bond acceptors (Lipinski definition) is 1. The normalized spacial score (nSPS) is 13.1. The van der Waals surface area contributed by atoms with Gasteiger partial charge in [-0.25, -0.2) is 0 Å². The van der Waals surface area contributed by atoms with Crippen molar-refractivity contribution in [2.24, 2.45) is 5.92 Å². The highest BCUT2D eigenvalue weighted by Gasteiger charge is 1.99. The fraction of sp³-hybridized carbons (Fsp3) is 1.00. The first-order valence-corrected chi connectivity index (χ1v) is 8.90. The van der Waals surface area contributed by atoms with Gasteiger partial charge in [0.2, 0.25) is 0 Å². The van der Waals surface area contributed by atoms with Crippen molar-refractivity contribution < 1.29 is 0 Å². The van der Waals surface area contributed by atoms with Crippen molar-refractivity contribution in [3.8, 4) is 0 Å². The van der Waals surface area contributed by atoms with E-state index in [1.54, 1.807) is 0 Å². The Morgan fingerprint density at radius 2 is 1.05 bits per heavy atom. The van der Waals surface area contributed by atoms with Gasteiger partial charge in [-0.15, -0.1) is 0 Å². The van der Waals surface area contributed by atoms with E-state index in [-0.39, 0.29) is 0 Å². The minimum Gasteiger partial charge on any atom is -0.315 e. The molecule has 0 spiro atoms. The quantitative estimate of drug-likeness (QED) is 0.385. The summed E-state index contributed by atoms with van der Waals surface area (Å²) in [5.41, 5.74) is 0. The molecule has 0 saturated heterocycles. The third-order valence-corrected chi connectivity index (χ3v) is 3.97. The number of unbranched alkanes of at least 4 members (excludes halogenated alkanes) is 8. The molecule has 1 N–H and O–H groups in total. The van der Waals surface area contributed by atoms with E-state index in [1.807, 2.05) is 0 Å². The second kappa shape index (κ2) is 14.4. The highest BCUT2D eigenvalue weighted by atomic mass is 14.9. The van der Waals surface area contributed by atoms with Gasteiger partial charge in [0, 0.05) is 6.04 Å². The van der Waals surface area contributed by atoms with Crippen LogP contribution < -0.4 is 5.32 Å². The molecule has 19 heavy (non-hydrogen) atoms. The van der Waals surface area contributed by atoms with E-state index in [1.165, 1.54) is 70.6 Å². The molecule has 0 fully saturated rings. The van der Waals surface area contributed by atoms with Crippen LogP contribution in [0.1, 0.15) is 98.3 Å². The topological polar surface area (TPSA) is 12.0 Å². The summed E-state index contributed by atoms with van der Waals surface area (Å²) in [6, 6.07) is 0.714. The summed E-state index contributed by atoms with van der Waals surface area (Å²) in [7, 11) is 0. The van der Waals surface area contributed by atoms with E-state index in [0.717, 1.165) is 12.5 Å². The summed E-state index contributed by atoms with van der Waals surface area (Å²) >= 11 is 0. The molecule has 0 aliphatic heterocycles. The zero-order valence-electron chi connectivity index (χ0n) is 14.1. The molecule has 1 atom stereocenters. The monoisotopic (exact) mass is 269 g/mol. The van der Waals surface area contributed by atoms with Crippen LogP contribution in [0.5, 0.6) is 0 Å². The van der Waals surface area contributed by atoms with Crippen molar-refractivity contribution in [3.05, 3.63) is 0 Å². The summed E-state index contributed by atoms with van der Waals surface area (Å²) < 4.78 is 0. The minimum absolute atomic E-state index is 0.714. The predicted molar refractivity (Wildman–Crippen MR) is 88.8 cm³/mol. The van der Waals surface area contributed by atoms with E-state index >= 15 is 0 Å². The van der Waals surface area contributed by atoms with E-state index in [0.29, 0.717) is 6.04 Å². The SMILES string of the molecule is CCNC(C)CCCCCCCCCCCC(C)C. The summed E-state index contributed by atoms with van der Waals surface area (Å²) in [5, 5.41) is 3.48. The molecule has 0 amide bonds. The Labute approximate surface area is 122 Å². The second-order valence-electron chi connectivity index (χ2n) is 6.61. The van der Waals surface area contributed by atoms with Crippen molar-refractivity contribution in [2.45, 2.75) is 104 Å². The molecule has 0 aromatic carbocycles. The summed E-state index contributed by atoms with van der Waals surface area (Å²) in [6.45, 7) is 10.3. The van der Waals surface area contributed by atoms with Crippen LogP contribution in [0.2, 0.25) is 0 Å². The molecular formula is C18H39N. The van der Waals surface area contributed by atoms with Gasteiger partial charge in [0.1, 0.15) is 0 Å². The first kappa shape index (κ1) is 19.0. The van der Waals surface area contributed by atoms with Gasteiger partial charge < -0.3 is 5.32 Å². The largest absolute Gasteiger partial charge is 0.315 e. The lowest BCUT2D eigenvalue weighted by molar-refractivity contribution is 0.481. The molecule has 0 rings (SSSR count). The third kappa shape index (κ3) is 15.9. The summed E-state index contributed by atoms with van der Waals surface area (Å²) in [5.74, 6) is 0.893. The van der Waals surface area contributed by atoms with Crippen LogP contribution >= 0.6 is 0 Å². The lowest BCUT2D eigenvalue weighted by Crippen LogP contribution is -2.25. The maximum Gasteiger partial charge on any atom is 0.00386 e. The molecule has 116 valence electrons. The average Bonchev–Trinajstić information content (AvgIpc) is 2.36. The van der Waals surface area contributed by atoms with Gasteiger partial charge in [-0.05, 0) is 25.8 Å². The van der Waals surface area contributed by atoms with Gasteiger partial charge >= 0.3 is 0 Å². The Hall–Kier alpha value is -0.0400. The molecule has 0 aromatic heterocycles. The Balaban J connectivity index is 3.03. The molecule has 0 aliphatic rings. The summed E-state index contributed by atoms with van der Waals surface area (Å²) in [4.78, 5) is 0. The number of nitrogens with one attached hydrogen (secondary N) is 1. The highest BCUT2D eigenvalue weighted by Crippen LogP contribution is 2.13. The van der Waals surface area contributed by atoms with Gasteiger partial charge in [-0.3, -0.25) is 0 Å². The van der Waals surface area contributed by atoms with Gasteiger partial charge in [0.05, 0.1) is 0 Å². The lowest BCUT2D eigenvalue weighted by Gasteiger charge is -2.11. The van der Waals surface area contributed by atoms with Crippen molar-refractivity contribution in [2.75, 3.05) is 6.54 Å². The van der Waals surface area contributed by atoms with Crippen LogP contribution in [0, 0.1) is 5.92 Å². The number of rotatable bonds is 14. The lowest BCUT2D eigenvalue weighted by atomic mass is 10.0. The fourth-order valence-corrected chi connectivity index (χ4v) is 2.69. The standard InChI is InChI=1S/C18H39N/c1-5-19-18(4)16-14-12-10-8-6-7-9-11-13-15-17(2)3/h17-19H,5-16H2,1-4H3.